The van der Waals surface area contributed by atoms with Gasteiger partial charge in [-0.1, -0.05) is 6.07 Å². The first-order valence-corrected chi connectivity index (χ1v) is 6.14. The Morgan fingerprint density at radius 1 is 1.11 bits per heavy atom. The molecule has 2 aromatic carbocycles. The highest BCUT2D eigenvalue weighted by molar-refractivity contribution is 5.79. The summed E-state index contributed by atoms with van der Waals surface area (Å²) in [6.45, 7) is 4.18. The van der Waals surface area contributed by atoms with Gasteiger partial charge in [-0.25, -0.2) is 4.98 Å². The molecule has 1 heterocycles. The quantitative estimate of drug-likeness (QED) is 0.660. The molecule has 19 heavy (non-hydrogen) atoms. The molecule has 3 nitrogen and oxygen atoms in total. The van der Waals surface area contributed by atoms with Gasteiger partial charge in [-0.15, -0.1) is 0 Å². The number of hydrogen-bond acceptors (Lipinski definition) is 2. The van der Waals surface area contributed by atoms with Crippen LogP contribution in [0.5, 0.6) is 0 Å². The van der Waals surface area contributed by atoms with E-state index >= 15 is 0 Å². The van der Waals surface area contributed by atoms with Gasteiger partial charge in [0.1, 0.15) is 6.33 Å². The summed E-state index contributed by atoms with van der Waals surface area (Å²) in [4.78, 5) is 4.43. The van der Waals surface area contributed by atoms with Crippen molar-refractivity contribution in [3.8, 4) is 11.8 Å². The van der Waals surface area contributed by atoms with E-state index in [9.17, 15) is 0 Å². The molecule has 0 saturated carbocycles. The van der Waals surface area contributed by atoms with Crippen molar-refractivity contribution in [2.24, 2.45) is 0 Å². The maximum Gasteiger partial charge on any atom is 0.100 e. The molecule has 0 fully saturated rings. The number of aryl methyl sites for hydroxylation is 2. The van der Waals surface area contributed by atoms with Gasteiger partial charge >= 0.3 is 0 Å². The Balaban J connectivity index is 2.25. The van der Waals surface area contributed by atoms with Gasteiger partial charge in [-0.05, 0) is 55.3 Å². The van der Waals surface area contributed by atoms with Gasteiger partial charge in [0.15, 0.2) is 0 Å². The van der Waals surface area contributed by atoms with Crippen molar-refractivity contribution in [1.82, 2.24) is 9.55 Å². The summed E-state index contributed by atoms with van der Waals surface area (Å²) >= 11 is 0. The molecule has 0 N–H and O–H groups in total. The zero-order valence-corrected chi connectivity index (χ0v) is 10.9. The van der Waals surface area contributed by atoms with Gasteiger partial charge in [0, 0.05) is 5.69 Å². The molecule has 0 saturated heterocycles. The highest BCUT2D eigenvalue weighted by Gasteiger charge is 2.07. The van der Waals surface area contributed by atoms with E-state index in [-0.39, 0.29) is 0 Å². The molecule has 3 heteroatoms. The number of benzene rings is 2. The smallest absolute Gasteiger partial charge is 0.100 e. The lowest BCUT2D eigenvalue weighted by atomic mass is 10.1. The minimum absolute atomic E-state index is 0.656. The SMILES string of the molecule is Cc1cc2ncn(-c3cccc(C#N)c3)c2cc1C. The Labute approximate surface area is 111 Å². The lowest BCUT2D eigenvalue weighted by molar-refractivity contribution is 1.09. The molecule has 1 aromatic heterocycles. The minimum Gasteiger partial charge on any atom is -0.299 e. The Bertz CT molecular complexity index is 806. The molecule has 0 aliphatic rings. The largest absolute Gasteiger partial charge is 0.299 e. The molecule has 3 rings (SSSR count). The molecular weight excluding hydrogens is 234 g/mol. The van der Waals surface area contributed by atoms with E-state index in [0.717, 1.165) is 16.7 Å². The van der Waals surface area contributed by atoms with Gasteiger partial charge in [0.25, 0.3) is 0 Å². The molecule has 0 amide bonds. The van der Waals surface area contributed by atoms with Crippen LogP contribution in [-0.4, -0.2) is 9.55 Å². The van der Waals surface area contributed by atoms with Gasteiger partial charge in [-0.2, -0.15) is 5.26 Å². The van der Waals surface area contributed by atoms with Crippen LogP contribution in [0.1, 0.15) is 16.7 Å². The topological polar surface area (TPSA) is 41.6 Å². The van der Waals surface area contributed by atoms with Crippen LogP contribution in [0, 0.1) is 25.2 Å². The van der Waals surface area contributed by atoms with Gasteiger partial charge in [-0.3, -0.25) is 4.57 Å². The number of nitrogens with zero attached hydrogens (tertiary/aromatic N) is 3. The van der Waals surface area contributed by atoms with Crippen LogP contribution in [0.3, 0.4) is 0 Å². The van der Waals surface area contributed by atoms with Crippen LogP contribution in [0.2, 0.25) is 0 Å². The normalized spacial score (nSPS) is 10.6. The second-order valence-electron chi connectivity index (χ2n) is 4.70. The van der Waals surface area contributed by atoms with E-state index in [1.165, 1.54) is 11.1 Å². The standard InChI is InChI=1S/C16H13N3/c1-11-6-15-16(7-12(11)2)19(10-18-15)14-5-3-4-13(8-14)9-17/h3-8,10H,1-2H3. The summed E-state index contributed by atoms with van der Waals surface area (Å²) in [7, 11) is 0. The predicted octanol–water partition coefficient (Wildman–Crippen LogP) is 3.51. The van der Waals surface area contributed by atoms with E-state index in [4.69, 9.17) is 5.26 Å². The molecule has 0 unspecified atom stereocenters. The van der Waals surface area contributed by atoms with E-state index in [1.54, 1.807) is 12.4 Å². The highest BCUT2D eigenvalue weighted by Crippen LogP contribution is 2.22. The predicted molar refractivity (Wildman–Crippen MR) is 75.3 cm³/mol. The van der Waals surface area contributed by atoms with Crippen molar-refractivity contribution in [2.75, 3.05) is 0 Å². The average molecular weight is 247 g/mol. The molecule has 0 bridgehead atoms. The van der Waals surface area contributed by atoms with Gasteiger partial charge in [0.05, 0.1) is 22.7 Å². The lowest BCUT2D eigenvalue weighted by Crippen LogP contribution is -1.93. The number of aromatic nitrogens is 2. The van der Waals surface area contributed by atoms with Gasteiger partial charge in [0.2, 0.25) is 0 Å². The maximum atomic E-state index is 8.98. The van der Waals surface area contributed by atoms with Crippen LogP contribution in [0.4, 0.5) is 0 Å². The summed E-state index contributed by atoms with van der Waals surface area (Å²) in [5.74, 6) is 0. The molecule has 0 radical (unpaired) electrons. The summed E-state index contributed by atoms with van der Waals surface area (Å²) < 4.78 is 2.02. The third-order valence-electron chi connectivity index (χ3n) is 3.42. The first kappa shape index (κ1) is 11.5. The average Bonchev–Trinajstić information content (AvgIpc) is 2.82. The molecule has 0 spiro atoms. The van der Waals surface area contributed by atoms with Crippen LogP contribution < -0.4 is 0 Å². The van der Waals surface area contributed by atoms with Crippen molar-refractivity contribution < 1.29 is 0 Å². The fraction of sp³-hybridized carbons (Fsp3) is 0.125. The molecule has 92 valence electrons. The van der Waals surface area contributed by atoms with E-state index in [2.05, 4.69) is 37.0 Å². The zero-order chi connectivity index (χ0) is 13.4. The zero-order valence-electron chi connectivity index (χ0n) is 10.9. The molecule has 0 aliphatic heterocycles. The van der Waals surface area contributed by atoms with Gasteiger partial charge < -0.3 is 0 Å². The second-order valence-corrected chi connectivity index (χ2v) is 4.70. The summed E-state index contributed by atoms with van der Waals surface area (Å²) in [5.41, 5.74) is 6.14. The van der Waals surface area contributed by atoms with E-state index in [1.807, 2.05) is 22.8 Å². The minimum atomic E-state index is 0.656. The summed E-state index contributed by atoms with van der Waals surface area (Å²) in [5, 5.41) is 8.98. The van der Waals surface area contributed by atoms with Crippen molar-refractivity contribution in [3.05, 3.63) is 59.4 Å². The second kappa shape index (κ2) is 4.25. The fourth-order valence-electron chi connectivity index (χ4n) is 2.20. The van der Waals surface area contributed by atoms with E-state index in [0.29, 0.717) is 5.56 Å². The third-order valence-corrected chi connectivity index (χ3v) is 3.42. The number of hydrogen-bond donors (Lipinski definition) is 0. The third kappa shape index (κ3) is 1.88. The van der Waals surface area contributed by atoms with Crippen LogP contribution in [0.25, 0.3) is 16.7 Å². The Morgan fingerprint density at radius 3 is 2.68 bits per heavy atom. The van der Waals surface area contributed by atoms with Crippen LogP contribution in [0.15, 0.2) is 42.7 Å². The number of rotatable bonds is 1. The monoisotopic (exact) mass is 247 g/mol. The number of imidazole rings is 1. The molecule has 0 atom stereocenters. The first-order valence-electron chi connectivity index (χ1n) is 6.14. The highest BCUT2D eigenvalue weighted by atomic mass is 15.0. The molecule has 0 aliphatic carbocycles. The van der Waals surface area contributed by atoms with E-state index < -0.39 is 0 Å². The fourth-order valence-corrected chi connectivity index (χ4v) is 2.20. The van der Waals surface area contributed by atoms with Crippen molar-refractivity contribution >= 4 is 11.0 Å². The Kier molecular flexibility index (Phi) is 2.57. The Morgan fingerprint density at radius 2 is 1.89 bits per heavy atom. The molecule has 3 aromatic rings. The number of fused-ring (bicyclic) bond motifs is 1. The summed E-state index contributed by atoms with van der Waals surface area (Å²) in [6.07, 6.45) is 1.81. The summed E-state index contributed by atoms with van der Waals surface area (Å²) in [6, 6.07) is 13.9. The molecular formula is C16H13N3. The van der Waals surface area contributed by atoms with Crippen molar-refractivity contribution in [1.29, 1.82) is 5.26 Å². The Hall–Kier alpha value is -2.60. The van der Waals surface area contributed by atoms with Crippen LogP contribution in [-0.2, 0) is 0 Å². The van der Waals surface area contributed by atoms with Crippen LogP contribution >= 0.6 is 0 Å². The number of nitriles is 1. The maximum absolute atomic E-state index is 8.98. The lowest BCUT2D eigenvalue weighted by Gasteiger charge is -2.06. The van der Waals surface area contributed by atoms with Crippen molar-refractivity contribution in [3.63, 3.8) is 0 Å². The first-order chi connectivity index (χ1) is 9.19. The van der Waals surface area contributed by atoms with Crippen molar-refractivity contribution in [2.45, 2.75) is 13.8 Å².